The molecule has 2 N–H and O–H groups in total. The second-order valence-corrected chi connectivity index (χ2v) is 7.64. The first-order chi connectivity index (χ1) is 14.3. The summed E-state index contributed by atoms with van der Waals surface area (Å²) in [7, 11) is 2.16. The quantitative estimate of drug-likeness (QED) is 0.546. The van der Waals surface area contributed by atoms with Gasteiger partial charge in [0.2, 0.25) is 0 Å². The topological polar surface area (TPSA) is 82.7 Å². The summed E-state index contributed by atoms with van der Waals surface area (Å²) >= 11 is 0. The molecule has 1 aliphatic rings. The van der Waals surface area contributed by atoms with Crippen molar-refractivity contribution in [2.24, 2.45) is 0 Å². The number of nitrogens with zero attached hydrogens (tertiary/aromatic N) is 4. The van der Waals surface area contributed by atoms with Gasteiger partial charge in [0.05, 0.1) is 17.1 Å². The molecule has 0 amide bonds. The molecule has 0 bridgehead atoms. The first kappa shape index (κ1) is 18.0. The fraction of sp³-hybridized carbons (Fsp3) is 0.318. The highest BCUT2D eigenvalue weighted by Crippen LogP contribution is 2.31. The second-order valence-electron chi connectivity index (χ2n) is 7.64. The number of benzene rings is 2. The van der Waals surface area contributed by atoms with Gasteiger partial charge in [-0.25, -0.2) is 4.98 Å². The van der Waals surface area contributed by atoms with Crippen LogP contribution in [-0.4, -0.2) is 56.5 Å². The number of likely N-dealkylation sites (tertiary alicyclic amines) is 1. The molecule has 1 unspecified atom stereocenters. The van der Waals surface area contributed by atoms with Crippen molar-refractivity contribution < 1.29 is 4.74 Å². The summed E-state index contributed by atoms with van der Waals surface area (Å²) in [5.74, 6) is 0.836. The van der Waals surface area contributed by atoms with Gasteiger partial charge in [-0.1, -0.05) is 35.5 Å². The molecule has 0 radical (unpaired) electrons. The maximum Gasteiger partial charge on any atom is 0.141 e. The van der Waals surface area contributed by atoms with E-state index in [1.807, 2.05) is 36.4 Å². The van der Waals surface area contributed by atoms with E-state index < -0.39 is 0 Å². The van der Waals surface area contributed by atoms with Crippen molar-refractivity contribution in [3.05, 3.63) is 66.1 Å². The van der Waals surface area contributed by atoms with Gasteiger partial charge in [0.25, 0.3) is 0 Å². The molecule has 0 aliphatic carbocycles. The summed E-state index contributed by atoms with van der Waals surface area (Å²) in [6.45, 7) is 2.10. The third-order valence-corrected chi connectivity index (χ3v) is 5.55. The number of imidazole rings is 1. The largest absolute Gasteiger partial charge is 0.362 e. The van der Waals surface area contributed by atoms with Gasteiger partial charge in [-0.15, -0.1) is 5.10 Å². The maximum absolute atomic E-state index is 6.65. The Morgan fingerprint density at radius 2 is 1.97 bits per heavy atom. The third-order valence-electron chi connectivity index (χ3n) is 5.55. The monoisotopic (exact) mass is 388 g/mol. The predicted octanol–water partition coefficient (Wildman–Crippen LogP) is 3.55. The van der Waals surface area contributed by atoms with E-state index in [0.717, 1.165) is 59.6 Å². The van der Waals surface area contributed by atoms with Crippen LogP contribution >= 0.6 is 0 Å². The Kier molecular flexibility index (Phi) is 4.83. The highest BCUT2D eigenvalue weighted by atomic mass is 16.5. The second kappa shape index (κ2) is 7.77. The average molecular weight is 388 g/mol. The van der Waals surface area contributed by atoms with E-state index in [-0.39, 0.29) is 12.2 Å². The number of piperidine rings is 1. The maximum atomic E-state index is 6.65. The number of aromatic amines is 2. The molecule has 4 aromatic rings. The fourth-order valence-electron chi connectivity index (χ4n) is 3.91. The number of fused-ring (bicyclic) bond motifs is 1. The Morgan fingerprint density at radius 1 is 1.10 bits per heavy atom. The number of aromatic nitrogens is 5. The summed E-state index contributed by atoms with van der Waals surface area (Å²) in [6.07, 6.45) is 3.79. The van der Waals surface area contributed by atoms with E-state index in [4.69, 9.17) is 9.72 Å². The van der Waals surface area contributed by atoms with Crippen molar-refractivity contribution in [1.82, 2.24) is 30.3 Å². The molecule has 29 heavy (non-hydrogen) atoms. The third kappa shape index (κ3) is 3.79. The summed E-state index contributed by atoms with van der Waals surface area (Å²) in [5, 5.41) is 10.8. The number of para-hydroxylation sites is 2. The Balaban J connectivity index is 1.52. The van der Waals surface area contributed by atoms with Crippen molar-refractivity contribution in [1.29, 1.82) is 0 Å². The van der Waals surface area contributed by atoms with E-state index in [1.165, 1.54) is 0 Å². The number of nitrogens with one attached hydrogen (secondary N) is 2. The number of H-pyrrole nitrogens is 2. The van der Waals surface area contributed by atoms with Crippen LogP contribution in [0, 0.1) is 0 Å². The molecule has 5 rings (SSSR count). The standard InChI is InChI=1S/C22H24N6O/c1-28-11-9-17(10-12-28)29-21(22-24-18-7-2-3-8-19(18)25-22)16-6-4-5-15(13-16)20-14-23-27-26-20/h2-8,13-14,17,21H,9-12H2,1H3,(H,24,25)(H,23,26,27). The lowest BCUT2D eigenvalue weighted by molar-refractivity contribution is -0.0264. The molecule has 1 aliphatic heterocycles. The van der Waals surface area contributed by atoms with Crippen LogP contribution in [0.5, 0.6) is 0 Å². The smallest absolute Gasteiger partial charge is 0.141 e. The minimum atomic E-state index is -0.261. The lowest BCUT2D eigenvalue weighted by Crippen LogP contribution is -2.35. The minimum absolute atomic E-state index is 0.208. The number of ether oxygens (including phenoxy) is 1. The first-order valence-electron chi connectivity index (χ1n) is 10.0. The Labute approximate surface area is 169 Å². The van der Waals surface area contributed by atoms with E-state index in [0.29, 0.717) is 0 Å². The molecule has 0 spiro atoms. The first-order valence-corrected chi connectivity index (χ1v) is 10.0. The molecule has 3 heterocycles. The molecule has 1 atom stereocenters. The van der Waals surface area contributed by atoms with Gasteiger partial charge >= 0.3 is 0 Å². The molecular weight excluding hydrogens is 364 g/mol. The van der Waals surface area contributed by atoms with Gasteiger partial charge in [0.15, 0.2) is 0 Å². The van der Waals surface area contributed by atoms with Crippen molar-refractivity contribution in [3.8, 4) is 11.3 Å². The van der Waals surface area contributed by atoms with Gasteiger partial charge in [0, 0.05) is 24.8 Å². The van der Waals surface area contributed by atoms with Crippen LogP contribution in [0.15, 0.2) is 54.7 Å². The predicted molar refractivity (Wildman–Crippen MR) is 111 cm³/mol. The number of hydrogen-bond donors (Lipinski definition) is 2. The van der Waals surface area contributed by atoms with Crippen LogP contribution in [-0.2, 0) is 4.74 Å². The van der Waals surface area contributed by atoms with Crippen LogP contribution in [0.25, 0.3) is 22.3 Å². The van der Waals surface area contributed by atoms with E-state index in [9.17, 15) is 0 Å². The highest BCUT2D eigenvalue weighted by molar-refractivity contribution is 5.75. The highest BCUT2D eigenvalue weighted by Gasteiger charge is 2.26. The van der Waals surface area contributed by atoms with Gasteiger partial charge in [-0.2, -0.15) is 0 Å². The molecule has 1 saturated heterocycles. The molecule has 0 saturated carbocycles. The minimum Gasteiger partial charge on any atom is -0.362 e. The Bertz CT molecular complexity index is 1050. The van der Waals surface area contributed by atoms with Crippen molar-refractivity contribution in [2.75, 3.05) is 20.1 Å². The number of rotatable bonds is 5. The van der Waals surface area contributed by atoms with Gasteiger partial charge in [-0.3, -0.25) is 5.10 Å². The summed E-state index contributed by atoms with van der Waals surface area (Å²) < 4.78 is 6.65. The van der Waals surface area contributed by atoms with Crippen molar-refractivity contribution in [2.45, 2.75) is 25.0 Å². The van der Waals surface area contributed by atoms with Crippen LogP contribution < -0.4 is 0 Å². The van der Waals surface area contributed by atoms with E-state index in [2.05, 4.69) is 44.5 Å². The lowest BCUT2D eigenvalue weighted by atomic mass is 10.0. The van der Waals surface area contributed by atoms with E-state index in [1.54, 1.807) is 6.20 Å². The van der Waals surface area contributed by atoms with Crippen molar-refractivity contribution in [3.63, 3.8) is 0 Å². The summed E-state index contributed by atoms with van der Waals surface area (Å²) in [5.41, 5.74) is 4.85. The Hall–Kier alpha value is -3.03. The van der Waals surface area contributed by atoms with Crippen LogP contribution in [0.2, 0.25) is 0 Å². The zero-order valence-electron chi connectivity index (χ0n) is 16.4. The number of hydrogen-bond acceptors (Lipinski definition) is 5. The molecule has 7 heteroatoms. The zero-order valence-corrected chi connectivity index (χ0v) is 16.4. The van der Waals surface area contributed by atoms with Crippen LogP contribution in [0.4, 0.5) is 0 Å². The van der Waals surface area contributed by atoms with E-state index >= 15 is 0 Å². The molecule has 1 fully saturated rings. The fourth-order valence-corrected chi connectivity index (χ4v) is 3.91. The SMILES string of the molecule is CN1CCC(OC(c2cccc(-c3c[nH]nn3)c2)c2nc3ccccc3[nH]2)CC1. The van der Waals surface area contributed by atoms with Crippen molar-refractivity contribution >= 4 is 11.0 Å². The Morgan fingerprint density at radius 3 is 2.76 bits per heavy atom. The zero-order chi connectivity index (χ0) is 19.6. The summed E-state index contributed by atoms with van der Waals surface area (Å²) in [6, 6.07) is 16.4. The molecular formula is C22H24N6O. The summed E-state index contributed by atoms with van der Waals surface area (Å²) in [4.78, 5) is 10.7. The molecule has 148 valence electrons. The average Bonchev–Trinajstić information content (AvgIpc) is 3.43. The van der Waals surface area contributed by atoms with Gasteiger partial charge in [0.1, 0.15) is 17.6 Å². The van der Waals surface area contributed by atoms with Gasteiger partial charge in [-0.05, 0) is 43.7 Å². The van der Waals surface area contributed by atoms with Gasteiger partial charge < -0.3 is 14.6 Å². The van der Waals surface area contributed by atoms with Crippen LogP contribution in [0.3, 0.4) is 0 Å². The molecule has 2 aromatic heterocycles. The molecule has 7 nitrogen and oxygen atoms in total. The lowest BCUT2D eigenvalue weighted by Gasteiger charge is -2.31. The normalized spacial score (nSPS) is 17.0. The van der Waals surface area contributed by atoms with Crippen LogP contribution in [0.1, 0.15) is 30.3 Å². The molecule has 2 aromatic carbocycles.